The number of rotatable bonds is 5. The number of hydrogen-bond acceptors (Lipinski definition) is 7. The molecule has 7 heteroatoms. The third kappa shape index (κ3) is 2.94. The highest BCUT2D eigenvalue weighted by Crippen LogP contribution is 2.34. The van der Waals surface area contributed by atoms with Gasteiger partial charge in [0.15, 0.2) is 0 Å². The van der Waals surface area contributed by atoms with E-state index in [-0.39, 0.29) is 5.89 Å². The summed E-state index contributed by atoms with van der Waals surface area (Å²) in [7, 11) is 0. The molecule has 0 radical (unpaired) electrons. The van der Waals surface area contributed by atoms with E-state index in [1.54, 1.807) is 6.92 Å². The van der Waals surface area contributed by atoms with Gasteiger partial charge in [-0.3, -0.25) is 0 Å². The minimum Gasteiger partial charge on any atom is -0.391 e. The normalized spacial score (nSPS) is 22.1. The Hall–Kier alpha value is -1.02. The van der Waals surface area contributed by atoms with Crippen molar-refractivity contribution in [2.24, 2.45) is 5.73 Å². The van der Waals surface area contributed by atoms with E-state index >= 15 is 0 Å². The SMILES string of the molecule is CCOC1(c2noc(C(N)C(C)O)n2)CCOCC1. The standard InChI is InChI=1S/C12H21N3O4/c1-3-18-12(4-6-17-7-5-12)11-14-10(19-15-11)9(13)8(2)16/h8-9,16H,3-7,13H2,1-2H3. The summed E-state index contributed by atoms with van der Waals surface area (Å²) in [5.41, 5.74) is 5.22. The summed E-state index contributed by atoms with van der Waals surface area (Å²) in [5.74, 6) is 0.722. The van der Waals surface area contributed by atoms with Crippen molar-refractivity contribution < 1.29 is 19.1 Å². The summed E-state index contributed by atoms with van der Waals surface area (Å²) in [6, 6.07) is -0.681. The van der Waals surface area contributed by atoms with Crippen molar-refractivity contribution in [3.63, 3.8) is 0 Å². The van der Waals surface area contributed by atoms with E-state index < -0.39 is 17.7 Å². The first kappa shape index (κ1) is 14.4. The van der Waals surface area contributed by atoms with Crippen LogP contribution in [0, 0.1) is 0 Å². The van der Waals surface area contributed by atoms with Gasteiger partial charge in [-0.15, -0.1) is 0 Å². The second-order valence-corrected chi connectivity index (χ2v) is 4.76. The Labute approximate surface area is 112 Å². The van der Waals surface area contributed by atoms with Gasteiger partial charge < -0.3 is 24.8 Å². The van der Waals surface area contributed by atoms with Gasteiger partial charge in [-0.05, 0) is 13.8 Å². The zero-order chi connectivity index (χ0) is 13.9. The van der Waals surface area contributed by atoms with E-state index in [9.17, 15) is 5.11 Å². The average molecular weight is 271 g/mol. The van der Waals surface area contributed by atoms with Gasteiger partial charge in [-0.2, -0.15) is 4.98 Å². The lowest BCUT2D eigenvalue weighted by Gasteiger charge is -2.33. The highest BCUT2D eigenvalue weighted by atomic mass is 16.5. The zero-order valence-electron chi connectivity index (χ0n) is 11.3. The van der Waals surface area contributed by atoms with Crippen LogP contribution in [-0.2, 0) is 15.1 Å². The first-order chi connectivity index (χ1) is 9.09. The monoisotopic (exact) mass is 271 g/mol. The topological polar surface area (TPSA) is 104 Å². The number of nitrogens with zero attached hydrogens (tertiary/aromatic N) is 2. The summed E-state index contributed by atoms with van der Waals surface area (Å²) in [4.78, 5) is 4.30. The van der Waals surface area contributed by atoms with E-state index in [0.717, 1.165) is 0 Å². The Kier molecular flexibility index (Phi) is 4.51. The fourth-order valence-corrected chi connectivity index (χ4v) is 2.17. The van der Waals surface area contributed by atoms with Crippen LogP contribution in [0.2, 0.25) is 0 Å². The quantitative estimate of drug-likeness (QED) is 0.803. The molecule has 3 N–H and O–H groups in total. The predicted octanol–water partition coefficient (Wildman–Crippen LogP) is 0.492. The van der Waals surface area contributed by atoms with Crippen LogP contribution in [-0.4, -0.2) is 41.2 Å². The molecule has 19 heavy (non-hydrogen) atoms. The number of aliphatic hydroxyl groups excluding tert-OH is 1. The Morgan fingerprint density at radius 2 is 2.16 bits per heavy atom. The molecule has 0 aliphatic carbocycles. The van der Waals surface area contributed by atoms with Crippen LogP contribution in [0.25, 0.3) is 0 Å². The maximum atomic E-state index is 9.46. The Balaban J connectivity index is 2.23. The lowest BCUT2D eigenvalue weighted by Crippen LogP contribution is -2.37. The summed E-state index contributed by atoms with van der Waals surface area (Å²) in [5, 5.41) is 13.4. The van der Waals surface area contributed by atoms with Gasteiger partial charge >= 0.3 is 0 Å². The van der Waals surface area contributed by atoms with Crippen LogP contribution >= 0.6 is 0 Å². The number of nitrogens with two attached hydrogens (primary N) is 1. The predicted molar refractivity (Wildman–Crippen MR) is 66.3 cm³/mol. The molecular formula is C12H21N3O4. The minimum absolute atomic E-state index is 0.232. The van der Waals surface area contributed by atoms with Gasteiger partial charge in [0.05, 0.1) is 6.10 Å². The van der Waals surface area contributed by atoms with Gasteiger partial charge in [-0.25, -0.2) is 0 Å². The third-order valence-corrected chi connectivity index (χ3v) is 3.38. The van der Waals surface area contributed by atoms with Gasteiger partial charge in [0.2, 0.25) is 11.7 Å². The molecule has 0 amide bonds. The fraction of sp³-hybridized carbons (Fsp3) is 0.833. The summed E-state index contributed by atoms with van der Waals surface area (Å²) < 4.78 is 16.3. The Morgan fingerprint density at radius 1 is 1.47 bits per heavy atom. The largest absolute Gasteiger partial charge is 0.391 e. The summed E-state index contributed by atoms with van der Waals surface area (Å²) in [6.45, 7) is 5.28. The molecule has 0 spiro atoms. The van der Waals surface area contributed by atoms with E-state index in [0.29, 0.717) is 38.5 Å². The maximum absolute atomic E-state index is 9.46. The first-order valence-corrected chi connectivity index (χ1v) is 6.58. The van der Waals surface area contributed by atoms with Crippen molar-refractivity contribution in [3.8, 4) is 0 Å². The lowest BCUT2D eigenvalue weighted by atomic mass is 9.93. The molecule has 1 saturated heterocycles. The molecule has 2 heterocycles. The molecule has 1 fully saturated rings. The molecule has 0 aromatic carbocycles. The molecule has 0 bridgehead atoms. The van der Waals surface area contributed by atoms with E-state index in [1.165, 1.54) is 0 Å². The van der Waals surface area contributed by atoms with Crippen molar-refractivity contribution in [2.45, 2.75) is 44.4 Å². The second-order valence-electron chi connectivity index (χ2n) is 4.76. The molecule has 7 nitrogen and oxygen atoms in total. The number of aliphatic hydroxyl groups is 1. The number of ether oxygens (including phenoxy) is 2. The van der Waals surface area contributed by atoms with Crippen LogP contribution < -0.4 is 5.73 Å². The van der Waals surface area contributed by atoms with Crippen molar-refractivity contribution >= 4 is 0 Å². The fourth-order valence-electron chi connectivity index (χ4n) is 2.17. The molecule has 2 unspecified atom stereocenters. The molecule has 0 saturated carbocycles. The third-order valence-electron chi connectivity index (χ3n) is 3.38. The Bertz CT molecular complexity index is 396. The van der Waals surface area contributed by atoms with E-state index in [1.807, 2.05) is 6.92 Å². The van der Waals surface area contributed by atoms with Gasteiger partial charge in [0.25, 0.3) is 0 Å². The lowest BCUT2D eigenvalue weighted by molar-refractivity contribution is -0.118. The molecule has 2 rings (SSSR count). The van der Waals surface area contributed by atoms with E-state index in [2.05, 4.69) is 10.1 Å². The zero-order valence-corrected chi connectivity index (χ0v) is 11.3. The van der Waals surface area contributed by atoms with Crippen LogP contribution in [0.1, 0.15) is 44.4 Å². The molecule has 1 aromatic rings. The highest BCUT2D eigenvalue weighted by Gasteiger charge is 2.40. The smallest absolute Gasteiger partial charge is 0.246 e. The molecule has 1 aromatic heterocycles. The van der Waals surface area contributed by atoms with Gasteiger partial charge in [-0.1, -0.05) is 5.16 Å². The highest BCUT2D eigenvalue weighted by molar-refractivity contribution is 5.05. The molecule has 108 valence electrons. The van der Waals surface area contributed by atoms with Gasteiger partial charge in [0, 0.05) is 32.7 Å². The summed E-state index contributed by atoms with van der Waals surface area (Å²) >= 11 is 0. The van der Waals surface area contributed by atoms with Crippen molar-refractivity contribution in [1.82, 2.24) is 10.1 Å². The molecule has 1 aliphatic rings. The maximum Gasteiger partial charge on any atom is 0.246 e. The van der Waals surface area contributed by atoms with Gasteiger partial charge in [0.1, 0.15) is 11.6 Å². The molecule has 1 aliphatic heterocycles. The number of aromatic nitrogens is 2. The minimum atomic E-state index is -0.744. The second kappa shape index (κ2) is 5.96. The average Bonchev–Trinajstić information content (AvgIpc) is 2.89. The Morgan fingerprint density at radius 3 is 2.74 bits per heavy atom. The molecule has 2 atom stereocenters. The first-order valence-electron chi connectivity index (χ1n) is 6.58. The van der Waals surface area contributed by atoms with Crippen LogP contribution in [0.15, 0.2) is 4.52 Å². The van der Waals surface area contributed by atoms with Crippen molar-refractivity contribution in [1.29, 1.82) is 0 Å². The van der Waals surface area contributed by atoms with Crippen LogP contribution in [0.4, 0.5) is 0 Å². The number of hydrogen-bond donors (Lipinski definition) is 2. The summed E-state index contributed by atoms with van der Waals surface area (Å²) in [6.07, 6.45) is 0.624. The van der Waals surface area contributed by atoms with E-state index in [4.69, 9.17) is 19.7 Å². The molecular weight excluding hydrogens is 250 g/mol. The van der Waals surface area contributed by atoms with Crippen LogP contribution in [0.3, 0.4) is 0 Å². The van der Waals surface area contributed by atoms with Crippen molar-refractivity contribution in [3.05, 3.63) is 11.7 Å². The van der Waals surface area contributed by atoms with Crippen LogP contribution in [0.5, 0.6) is 0 Å². The van der Waals surface area contributed by atoms with Crippen molar-refractivity contribution in [2.75, 3.05) is 19.8 Å².